The number of rotatable bonds is 8. The molecule has 0 bridgehead atoms. The number of nitrogens with zero attached hydrogens (tertiary/aromatic N) is 3. The van der Waals surface area contributed by atoms with Gasteiger partial charge in [0.25, 0.3) is 23.4 Å². The largest absolute Gasteiger partial charge is 0.423 e. The fraction of sp³-hybridized carbons (Fsp3) is 0.0333. The van der Waals surface area contributed by atoms with Crippen LogP contribution in [0.2, 0.25) is 10.0 Å². The summed E-state index contributed by atoms with van der Waals surface area (Å²) in [6.07, 6.45) is 0. The molecule has 0 atom stereocenters. The van der Waals surface area contributed by atoms with Crippen LogP contribution in [-0.2, 0) is 0 Å². The van der Waals surface area contributed by atoms with Gasteiger partial charge in [0.1, 0.15) is 17.9 Å². The molecule has 44 heavy (non-hydrogen) atoms. The lowest BCUT2D eigenvalue weighted by molar-refractivity contribution is -0.385. The molecule has 1 aliphatic heterocycles. The number of amides is 3. The summed E-state index contributed by atoms with van der Waals surface area (Å²) in [7, 11) is 0. The first kappa shape index (κ1) is 30.5. The van der Waals surface area contributed by atoms with Gasteiger partial charge in [0.05, 0.1) is 26.1 Å². The van der Waals surface area contributed by atoms with Crippen molar-refractivity contribution >= 4 is 74.3 Å². The third-order valence-corrected chi connectivity index (χ3v) is 7.74. The smallest absolute Gasteiger partial charge is 0.343 e. The highest BCUT2D eigenvalue weighted by Gasteiger charge is 2.46. The summed E-state index contributed by atoms with van der Waals surface area (Å²) in [6, 6.07) is 19.2. The van der Waals surface area contributed by atoms with E-state index < -0.39 is 52.2 Å². The number of carbonyl (C=O) groups excluding carboxylic acids is 5. The summed E-state index contributed by atoms with van der Waals surface area (Å²) < 4.78 is 6.12. The normalized spacial score (nSPS) is 12.1. The Morgan fingerprint density at radius 1 is 0.841 bits per heavy atom. The molecule has 1 aliphatic rings. The molecule has 0 aliphatic carbocycles. The predicted octanol–water partition coefficient (Wildman–Crippen LogP) is 6.42. The van der Waals surface area contributed by atoms with Crippen LogP contribution in [0.4, 0.5) is 5.69 Å². The van der Waals surface area contributed by atoms with E-state index in [0.717, 1.165) is 10.5 Å². The minimum absolute atomic E-state index is 0.00457. The number of nitro groups is 1. The number of fused-ring (bicyclic) bond motifs is 1. The highest BCUT2D eigenvalue weighted by Crippen LogP contribution is 2.33. The van der Waals surface area contributed by atoms with Gasteiger partial charge in [0.2, 0.25) is 0 Å². The molecule has 5 rings (SSSR count). The molecule has 14 heteroatoms. The molecule has 3 amide bonds. The van der Waals surface area contributed by atoms with E-state index in [1.54, 1.807) is 24.3 Å². The van der Waals surface area contributed by atoms with Crippen molar-refractivity contribution < 1.29 is 33.6 Å². The highest BCUT2D eigenvalue weighted by molar-refractivity contribution is 9.10. The number of Topliss-reactive ketones (excluding diaryl/α,β-unsaturated/α-hetero) is 1. The molecule has 4 aromatic carbocycles. The monoisotopic (exact) mass is 695 g/mol. The number of ether oxygens (including phenoxy) is 1. The first-order valence-electron chi connectivity index (χ1n) is 12.5. The topological polar surface area (TPSA) is 144 Å². The quantitative estimate of drug-likeness (QED) is 0.0513. The van der Waals surface area contributed by atoms with E-state index in [9.17, 15) is 34.1 Å². The Morgan fingerprint density at radius 3 is 2.11 bits per heavy atom. The third kappa shape index (κ3) is 5.95. The van der Waals surface area contributed by atoms with Crippen molar-refractivity contribution in [3.8, 4) is 5.75 Å². The number of nitro benzene ring substituents is 1. The molecule has 220 valence electrons. The summed E-state index contributed by atoms with van der Waals surface area (Å²) in [4.78, 5) is 77.1. The van der Waals surface area contributed by atoms with Gasteiger partial charge in [-0.1, -0.05) is 45.2 Å². The van der Waals surface area contributed by atoms with Gasteiger partial charge in [-0.2, -0.15) is 5.01 Å². The van der Waals surface area contributed by atoms with Gasteiger partial charge in [-0.25, -0.2) is 9.80 Å². The minimum Gasteiger partial charge on any atom is -0.423 e. The van der Waals surface area contributed by atoms with Crippen LogP contribution in [0.25, 0.3) is 0 Å². The van der Waals surface area contributed by atoms with Gasteiger partial charge in [-0.3, -0.25) is 29.3 Å². The molecule has 0 fully saturated rings. The van der Waals surface area contributed by atoms with Crippen LogP contribution in [0.3, 0.4) is 0 Å². The van der Waals surface area contributed by atoms with Crippen LogP contribution < -0.4 is 4.74 Å². The zero-order valence-electron chi connectivity index (χ0n) is 22.0. The maximum absolute atomic E-state index is 13.7. The molecule has 0 radical (unpaired) electrons. The van der Waals surface area contributed by atoms with Crippen LogP contribution in [0, 0.1) is 10.1 Å². The Morgan fingerprint density at radius 2 is 1.48 bits per heavy atom. The number of benzene rings is 4. The van der Waals surface area contributed by atoms with Gasteiger partial charge in [-0.15, -0.1) is 0 Å². The summed E-state index contributed by atoms with van der Waals surface area (Å²) in [5.74, 6) is -4.39. The van der Waals surface area contributed by atoms with Crippen molar-refractivity contribution in [2.75, 3.05) is 6.54 Å². The van der Waals surface area contributed by atoms with Crippen molar-refractivity contribution in [3.63, 3.8) is 0 Å². The molecule has 0 aromatic heterocycles. The van der Waals surface area contributed by atoms with E-state index in [1.807, 2.05) is 0 Å². The summed E-state index contributed by atoms with van der Waals surface area (Å²) in [5.41, 5.74) is -1.23. The van der Waals surface area contributed by atoms with Gasteiger partial charge in [-0.05, 0) is 72.8 Å². The molecule has 0 saturated carbocycles. The lowest BCUT2D eigenvalue weighted by Crippen LogP contribution is -2.51. The highest BCUT2D eigenvalue weighted by atomic mass is 79.9. The number of imide groups is 1. The second-order valence-corrected chi connectivity index (χ2v) is 10.9. The van der Waals surface area contributed by atoms with E-state index in [0.29, 0.717) is 15.6 Å². The Balaban J connectivity index is 1.44. The summed E-state index contributed by atoms with van der Waals surface area (Å²) >= 11 is 15.3. The molecule has 11 nitrogen and oxygen atoms in total. The number of hydrazine groups is 1. The standard InChI is InChI=1S/C30H16BrCl2N3O8/c31-19-9-4-17(5-10-19)30(41)44-20-11-6-16(7-12-20)25(37)15-34(27(38)18-8-13-22(32)23(33)14-18)35-28(39)21-2-1-3-24(36(42)43)26(21)29(35)40/h1-14H,15H2. The van der Waals surface area contributed by atoms with Gasteiger partial charge < -0.3 is 4.74 Å². The second-order valence-electron chi connectivity index (χ2n) is 9.21. The van der Waals surface area contributed by atoms with Crippen LogP contribution in [0.15, 0.2) is 89.4 Å². The second kappa shape index (κ2) is 12.4. The summed E-state index contributed by atoms with van der Waals surface area (Å²) in [5, 5.41) is 12.7. The first-order chi connectivity index (χ1) is 21.0. The van der Waals surface area contributed by atoms with E-state index in [-0.39, 0.29) is 32.5 Å². The van der Waals surface area contributed by atoms with Gasteiger partial charge in [0.15, 0.2) is 5.78 Å². The lowest BCUT2D eigenvalue weighted by Gasteiger charge is -2.29. The number of hydrogen-bond donors (Lipinski definition) is 0. The molecular weight excluding hydrogens is 681 g/mol. The van der Waals surface area contributed by atoms with Crippen molar-refractivity contribution in [1.29, 1.82) is 0 Å². The number of hydrogen-bond acceptors (Lipinski definition) is 8. The number of esters is 1. The van der Waals surface area contributed by atoms with Crippen LogP contribution in [0.5, 0.6) is 5.75 Å². The van der Waals surface area contributed by atoms with Crippen LogP contribution >= 0.6 is 39.1 Å². The van der Waals surface area contributed by atoms with E-state index >= 15 is 0 Å². The molecule has 1 heterocycles. The zero-order chi connectivity index (χ0) is 31.7. The maximum Gasteiger partial charge on any atom is 0.343 e. The first-order valence-corrected chi connectivity index (χ1v) is 14.0. The third-order valence-electron chi connectivity index (χ3n) is 6.47. The fourth-order valence-electron chi connectivity index (χ4n) is 4.33. The van der Waals surface area contributed by atoms with Crippen LogP contribution in [-0.4, -0.2) is 51.0 Å². The van der Waals surface area contributed by atoms with Crippen molar-refractivity contribution in [2.45, 2.75) is 0 Å². The minimum atomic E-state index is -1.16. The zero-order valence-corrected chi connectivity index (χ0v) is 25.1. The SMILES string of the molecule is O=C(CN(C(=O)c1ccc(Cl)c(Cl)c1)N1C(=O)c2cccc([N+](=O)[O-])c2C1=O)c1ccc(OC(=O)c2ccc(Br)cc2)cc1. The van der Waals surface area contributed by atoms with Gasteiger partial charge >= 0.3 is 5.97 Å². The molecule has 4 aromatic rings. The summed E-state index contributed by atoms with van der Waals surface area (Å²) in [6.45, 7) is -0.823. The van der Waals surface area contributed by atoms with Crippen molar-refractivity contribution in [1.82, 2.24) is 10.0 Å². The lowest BCUT2D eigenvalue weighted by atomic mass is 10.1. The number of carbonyl (C=O) groups is 5. The van der Waals surface area contributed by atoms with Crippen molar-refractivity contribution in [3.05, 3.63) is 137 Å². The Hall–Kier alpha value is -4.91. The molecule has 0 spiro atoms. The average molecular weight is 697 g/mol. The molecule has 0 unspecified atom stereocenters. The number of ketones is 1. The fourth-order valence-corrected chi connectivity index (χ4v) is 4.89. The molecule has 0 saturated heterocycles. The molecular formula is C30H16BrCl2N3O8. The predicted molar refractivity (Wildman–Crippen MR) is 161 cm³/mol. The maximum atomic E-state index is 13.7. The van der Waals surface area contributed by atoms with E-state index in [1.165, 1.54) is 54.6 Å². The Bertz CT molecular complexity index is 1880. The Labute approximate surface area is 266 Å². The van der Waals surface area contributed by atoms with E-state index in [2.05, 4.69) is 15.9 Å². The average Bonchev–Trinajstić information content (AvgIpc) is 3.26. The van der Waals surface area contributed by atoms with Gasteiger partial charge in [0, 0.05) is 21.7 Å². The molecule has 0 N–H and O–H groups in total. The van der Waals surface area contributed by atoms with Crippen molar-refractivity contribution in [2.24, 2.45) is 0 Å². The van der Waals surface area contributed by atoms with E-state index in [4.69, 9.17) is 27.9 Å². The Kier molecular flexibility index (Phi) is 8.59. The number of halogens is 3. The van der Waals surface area contributed by atoms with Crippen LogP contribution in [0.1, 0.15) is 51.8 Å².